The first-order chi connectivity index (χ1) is 11.9. The van der Waals surface area contributed by atoms with Crippen molar-refractivity contribution in [2.75, 3.05) is 11.9 Å². The van der Waals surface area contributed by atoms with Crippen molar-refractivity contribution in [2.45, 2.75) is 30.7 Å². The van der Waals surface area contributed by atoms with Crippen LogP contribution in [0.4, 0.5) is 5.88 Å². The van der Waals surface area contributed by atoms with E-state index < -0.39 is 9.84 Å². The highest BCUT2D eigenvalue weighted by molar-refractivity contribution is 7.91. The lowest BCUT2D eigenvalue weighted by Crippen LogP contribution is -2.11. The molecule has 3 rings (SSSR count). The fraction of sp³-hybridized carbons (Fsp3) is 0.278. The number of oxazole rings is 1. The Morgan fingerprint density at radius 1 is 1.20 bits per heavy atom. The van der Waals surface area contributed by atoms with Crippen molar-refractivity contribution in [3.8, 4) is 10.8 Å². The zero-order valence-corrected chi connectivity index (χ0v) is 15.9. The van der Waals surface area contributed by atoms with Gasteiger partial charge in [0.15, 0.2) is 0 Å². The largest absolute Gasteiger partial charge is 0.418 e. The van der Waals surface area contributed by atoms with E-state index in [9.17, 15) is 8.42 Å². The molecule has 132 valence electrons. The highest BCUT2D eigenvalue weighted by Gasteiger charge is 2.28. The van der Waals surface area contributed by atoms with Gasteiger partial charge in [0.05, 0.1) is 9.77 Å². The molecule has 0 aliphatic heterocycles. The van der Waals surface area contributed by atoms with Gasteiger partial charge in [0.2, 0.25) is 26.6 Å². The summed E-state index contributed by atoms with van der Waals surface area (Å²) in [5.41, 5.74) is 0.997. The van der Waals surface area contributed by atoms with Gasteiger partial charge in [-0.1, -0.05) is 37.6 Å². The van der Waals surface area contributed by atoms with Crippen molar-refractivity contribution >= 4 is 27.1 Å². The zero-order chi connectivity index (χ0) is 18.0. The summed E-state index contributed by atoms with van der Waals surface area (Å²) < 4.78 is 31.8. The number of thiophene rings is 1. The molecular weight excluding hydrogens is 356 g/mol. The number of benzene rings is 1. The fourth-order valence-electron chi connectivity index (χ4n) is 2.23. The quantitative estimate of drug-likeness (QED) is 0.680. The first kappa shape index (κ1) is 17.7. The van der Waals surface area contributed by atoms with E-state index in [1.54, 1.807) is 24.3 Å². The number of hydrogen-bond donors (Lipinski definition) is 1. The maximum atomic E-state index is 13.0. The van der Waals surface area contributed by atoms with Crippen LogP contribution < -0.4 is 5.32 Å². The second kappa shape index (κ2) is 7.01. The molecule has 0 radical (unpaired) electrons. The average Bonchev–Trinajstić information content (AvgIpc) is 3.23. The first-order valence-electron chi connectivity index (χ1n) is 7.98. The summed E-state index contributed by atoms with van der Waals surface area (Å²) in [6.45, 7) is 6.59. The van der Waals surface area contributed by atoms with Crippen LogP contribution in [0.15, 0.2) is 56.1 Å². The SMILES string of the molecule is Cc1ccc(S(=O)(=O)c2nc(-c3cccs3)oc2NCC(C)C)cc1. The zero-order valence-electron chi connectivity index (χ0n) is 14.3. The van der Waals surface area contributed by atoms with Crippen molar-refractivity contribution in [1.29, 1.82) is 0 Å². The van der Waals surface area contributed by atoms with Crippen LogP contribution in [0.2, 0.25) is 0 Å². The minimum absolute atomic E-state index is 0.0691. The summed E-state index contributed by atoms with van der Waals surface area (Å²) in [6, 6.07) is 10.5. The summed E-state index contributed by atoms with van der Waals surface area (Å²) in [5.74, 6) is 0.842. The van der Waals surface area contributed by atoms with Gasteiger partial charge in [-0.3, -0.25) is 0 Å². The molecule has 1 N–H and O–H groups in total. The van der Waals surface area contributed by atoms with E-state index in [0.717, 1.165) is 10.4 Å². The Morgan fingerprint density at radius 2 is 1.92 bits per heavy atom. The Morgan fingerprint density at radius 3 is 2.52 bits per heavy atom. The van der Waals surface area contributed by atoms with Gasteiger partial charge in [0.1, 0.15) is 0 Å². The molecule has 2 heterocycles. The summed E-state index contributed by atoms with van der Waals surface area (Å²) in [4.78, 5) is 5.29. The maximum absolute atomic E-state index is 13.0. The van der Waals surface area contributed by atoms with E-state index in [4.69, 9.17) is 4.42 Å². The van der Waals surface area contributed by atoms with Gasteiger partial charge in [-0.25, -0.2) is 8.42 Å². The smallest absolute Gasteiger partial charge is 0.240 e. The third-order valence-electron chi connectivity index (χ3n) is 3.58. The number of anilines is 1. The minimum Gasteiger partial charge on any atom is -0.418 e. The Bertz CT molecular complexity index is 941. The minimum atomic E-state index is -3.77. The Labute approximate surface area is 151 Å². The number of sulfone groups is 1. The van der Waals surface area contributed by atoms with Crippen LogP contribution in [0.25, 0.3) is 10.8 Å². The normalized spacial score (nSPS) is 11.8. The van der Waals surface area contributed by atoms with Crippen molar-refractivity contribution in [2.24, 2.45) is 5.92 Å². The number of aromatic nitrogens is 1. The van der Waals surface area contributed by atoms with E-state index in [0.29, 0.717) is 18.4 Å². The summed E-state index contributed by atoms with van der Waals surface area (Å²) in [6.07, 6.45) is 0. The van der Waals surface area contributed by atoms with E-state index >= 15 is 0 Å². The number of rotatable bonds is 6. The molecule has 0 spiro atoms. The summed E-state index contributed by atoms with van der Waals surface area (Å²) in [5, 5.41) is 4.91. The first-order valence-corrected chi connectivity index (χ1v) is 10.3. The van der Waals surface area contributed by atoms with Crippen molar-refractivity contribution < 1.29 is 12.8 Å². The second-order valence-corrected chi connectivity index (χ2v) is 9.03. The predicted molar refractivity (Wildman–Crippen MR) is 99.8 cm³/mol. The van der Waals surface area contributed by atoms with Crippen LogP contribution in [0.3, 0.4) is 0 Å². The lowest BCUT2D eigenvalue weighted by molar-refractivity contribution is 0.568. The number of nitrogens with zero attached hydrogens (tertiary/aromatic N) is 1. The lowest BCUT2D eigenvalue weighted by atomic mass is 10.2. The van der Waals surface area contributed by atoms with Gasteiger partial charge >= 0.3 is 0 Å². The molecule has 0 amide bonds. The molecular formula is C18H20N2O3S2. The standard InChI is InChI=1S/C18H20N2O3S2/c1-12(2)11-19-17-18(20-16(23-17)15-5-4-10-24-15)25(21,22)14-8-6-13(3)7-9-14/h4-10,12,19H,11H2,1-3H3. The molecule has 1 aromatic carbocycles. The average molecular weight is 377 g/mol. The number of hydrogen-bond acceptors (Lipinski definition) is 6. The van der Waals surface area contributed by atoms with E-state index in [-0.39, 0.29) is 15.8 Å². The predicted octanol–water partition coefficient (Wildman–Crippen LogP) is 4.61. The Balaban J connectivity index is 2.07. The molecule has 0 unspecified atom stereocenters. The second-order valence-electron chi connectivity index (χ2n) is 6.22. The third-order valence-corrected chi connectivity index (χ3v) is 6.12. The van der Waals surface area contributed by atoms with Gasteiger partial charge in [-0.05, 0) is 36.4 Å². The molecule has 2 aromatic heterocycles. The van der Waals surface area contributed by atoms with Crippen LogP contribution >= 0.6 is 11.3 Å². The van der Waals surface area contributed by atoms with Crippen molar-refractivity contribution in [3.63, 3.8) is 0 Å². The molecule has 3 aromatic rings. The van der Waals surface area contributed by atoms with Crippen LogP contribution in [0.5, 0.6) is 0 Å². The van der Waals surface area contributed by atoms with E-state index in [2.05, 4.69) is 10.3 Å². The Kier molecular flexibility index (Phi) is 4.96. The summed E-state index contributed by atoms with van der Waals surface area (Å²) >= 11 is 1.45. The van der Waals surface area contributed by atoms with Gasteiger partial charge in [-0.15, -0.1) is 11.3 Å². The molecule has 5 nitrogen and oxygen atoms in total. The summed E-state index contributed by atoms with van der Waals surface area (Å²) in [7, 11) is -3.77. The van der Waals surface area contributed by atoms with Gasteiger partial charge < -0.3 is 9.73 Å². The highest BCUT2D eigenvalue weighted by atomic mass is 32.2. The molecule has 0 atom stereocenters. The molecule has 7 heteroatoms. The molecule has 0 aliphatic carbocycles. The maximum Gasteiger partial charge on any atom is 0.240 e. The monoisotopic (exact) mass is 376 g/mol. The fourth-order valence-corrected chi connectivity index (χ4v) is 4.16. The van der Waals surface area contributed by atoms with E-state index in [1.165, 1.54) is 11.3 Å². The van der Waals surface area contributed by atoms with Gasteiger partial charge in [0, 0.05) is 6.54 Å². The lowest BCUT2D eigenvalue weighted by Gasteiger charge is -2.08. The van der Waals surface area contributed by atoms with Crippen LogP contribution in [-0.2, 0) is 9.84 Å². The molecule has 0 fully saturated rings. The van der Waals surface area contributed by atoms with Crippen molar-refractivity contribution in [1.82, 2.24) is 4.98 Å². The van der Waals surface area contributed by atoms with Crippen LogP contribution in [0, 0.1) is 12.8 Å². The molecule has 25 heavy (non-hydrogen) atoms. The number of aryl methyl sites for hydroxylation is 1. The molecule has 0 saturated carbocycles. The Hall–Kier alpha value is -2.12. The van der Waals surface area contributed by atoms with Gasteiger partial charge in [-0.2, -0.15) is 4.98 Å². The van der Waals surface area contributed by atoms with Crippen molar-refractivity contribution in [3.05, 3.63) is 47.3 Å². The highest BCUT2D eigenvalue weighted by Crippen LogP contribution is 2.34. The molecule has 0 saturated heterocycles. The van der Waals surface area contributed by atoms with E-state index in [1.807, 2.05) is 38.3 Å². The molecule has 0 bridgehead atoms. The third kappa shape index (κ3) is 3.77. The topological polar surface area (TPSA) is 72.2 Å². The molecule has 0 aliphatic rings. The van der Waals surface area contributed by atoms with Crippen LogP contribution in [0.1, 0.15) is 19.4 Å². The van der Waals surface area contributed by atoms with Gasteiger partial charge in [0.25, 0.3) is 0 Å². The van der Waals surface area contributed by atoms with Crippen LogP contribution in [-0.4, -0.2) is 19.9 Å². The number of nitrogens with one attached hydrogen (secondary N) is 1.